The third-order valence-corrected chi connectivity index (χ3v) is 4.31. The first-order chi connectivity index (χ1) is 7.66. The molecule has 16 heavy (non-hydrogen) atoms. The van der Waals surface area contributed by atoms with Gasteiger partial charge in [0.2, 0.25) is 0 Å². The van der Waals surface area contributed by atoms with Gasteiger partial charge in [0.1, 0.15) is 5.82 Å². The Morgan fingerprint density at radius 1 is 1.56 bits per heavy atom. The molecule has 0 radical (unpaired) electrons. The second kappa shape index (κ2) is 5.12. The van der Waals surface area contributed by atoms with Crippen molar-refractivity contribution in [1.82, 2.24) is 9.55 Å². The van der Waals surface area contributed by atoms with Crippen molar-refractivity contribution in [3.63, 3.8) is 0 Å². The third kappa shape index (κ3) is 2.72. The summed E-state index contributed by atoms with van der Waals surface area (Å²) in [4.78, 5) is 5.51. The summed E-state index contributed by atoms with van der Waals surface area (Å²) in [7, 11) is 2.01. The van der Waals surface area contributed by atoms with Crippen molar-refractivity contribution < 1.29 is 0 Å². The molecule has 3 nitrogen and oxygen atoms in total. The Balaban J connectivity index is 1.93. The van der Waals surface area contributed by atoms with Crippen molar-refractivity contribution >= 4 is 27.3 Å². The van der Waals surface area contributed by atoms with E-state index >= 15 is 0 Å². The molecule has 86 valence electrons. The minimum Gasteiger partial charge on any atom is -0.338 e. The monoisotopic (exact) mass is 299 g/mol. The molecule has 1 unspecified atom stereocenters. The van der Waals surface area contributed by atoms with Crippen molar-refractivity contribution in [2.75, 3.05) is 0 Å². The Labute approximate surface area is 107 Å². The van der Waals surface area contributed by atoms with Gasteiger partial charge in [0.15, 0.2) is 0 Å². The van der Waals surface area contributed by atoms with E-state index in [-0.39, 0.29) is 6.04 Å². The van der Waals surface area contributed by atoms with Crippen LogP contribution in [-0.4, -0.2) is 9.55 Å². The fourth-order valence-electron chi connectivity index (χ4n) is 1.59. The lowest BCUT2D eigenvalue weighted by Gasteiger charge is -2.08. The Bertz CT molecular complexity index is 463. The molecule has 2 aromatic rings. The summed E-state index contributed by atoms with van der Waals surface area (Å²) in [5.74, 6) is 1.09. The van der Waals surface area contributed by atoms with Gasteiger partial charge in [-0.25, -0.2) is 4.98 Å². The average molecular weight is 300 g/mol. The summed E-state index contributed by atoms with van der Waals surface area (Å²) in [6.07, 6.45) is 5.63. The van der Waals surface area contributed by atoms with Gasteiger partial charge in [-0.1, -0.05) is 0 Å². The van der Waals surface area contributed by atoms with Crippen LogP contribution in [0.2, 0.25) is 0 Å². The number of aromatic nitrogens is 2. The van der Waals surface area contributed by atoms with Crippen molar-refractivity contribution in [2.24, 2.45) is 12.8 Å². The SMILES string of the molecule is Cn1ccnc1CCC(N)c1ccc(Br)s1. The standard InChI is InChI=1S/C11H14BrN3S/c1-15-7-6-14-11(15)5-2-8(13)9-3-4-10(12)16-9/h3-4,6-8H,2,5,13H2,1H3. The van der Waals surface area contributed by atoms with Crippen molar-refractivity contribution in [3.05, 3.63) is 39.0 Å². The van der Waals surface area contributed by atoms with Crippen LogP contribution < -0.4 is 5.73 Å². The predicted molar refractivity (Wildman–Crippen MR) is 70.5 cm³/mol. The molecule has 2 heterocycles. The molecule has 1 atom stereocenters. The van der Waals surface area contributed by atoms with Crippen LogP contribution in [0.5, 0.6) is 0 Å². The first-order valence-electron chi connectivity index (χ1n) is 5.14. The lowest BCUT2D eigenvalue weighted by atomic mass is 10.1. The van der Waals surface area contributed by atoms with Gasteiger partial charge in [-0.2, -0.15) is 0 Å². The van der Waals surface area contributed by atoms with Crippen LogP contribution in [0.1, 0.15) is 23.2 Å². The quantitative estimate of drug-likeness (QED) is 0.943. The molecular weight excluding hydrogens is 286 g/mol. The molecule has 0 aliphatic heterocycles. The molecule has 0 spiro atoms. The van der Waals surface area contributed by atoms with Crippen LogP contribution in [0, 0.1) is 0 Å². The Morgan fingerprint density at radius 2 is 2.38 bits per heavy atom. The molecule has 0 amide bonds. The minimum atomic E-state index is 0.105. The maximum atomic E-state index is 6.13. The van der Waals surface area contributed by atoms with Crippen molar-refractivity contribution in [3.8, 4) is 0 Å². The van der Waals surface area contributed by atoms with E-state index in [0.29, 0.717) is 0 Å². The van der Waals surface area contributed by atoms with Crippen LogP contribution in [0.25, 0.3) is 0 Å². The number of thiophene rings is 1. The number of nitrogens with two attached hydrogens (primary N) is 1. The summed E-state index contributed by atoms with van der Waals surface area (Å²) in [6, 6.07) is 4.23. The van der Waals surface area contributed by atoms with Gasteiger partial charge < -0.3 is 10.3 Å². The fraction of sp³-hybridized carbons (Fsp3) is 0.364. The highest BCUT2D eigenvalue weighted by atomic mass is 79.9. The number of imidazole rings is 1. The number of hydrogen-bond donors (Lipinski definition) is 1. The largest absolute Gasteiger partial charge is 0.338 e. The van der Waals surface area contributed by atoms with E-state index in [4.69, 9.17) is 5.73 Å². The molecular formula is C11H14BrN3S. The Morgan fingerprint density at radius 3 is 2.94 bits per heavy atom. The molecule has 2 N–H and O–H groups in total. The summed E-state index contributed by atoms with van der Waals surface area (Å²) in [5.41, 5.74) is 6.13. The number of rotatable bonds is 4. The van der Waals surface area contributed by atoms with Gasteiger partial charge in [-0.05, 0) is 34.5 Å². The summed E-state index contributed by atoms with van der Waals surface area (Å²) in [5, 5.41) is 0. The molecule has 0 bridgehead atoms. The van der Waals surface area contributed by atoms with E-state index < -0.39 is 0 Å². The molecule has 0 aliphatic rings. The van der Waals surface area contributed by atoms with E-state index in [1.807, 2.05) is 30.1 Å². The van der Waals surface area contributed by atoms with Crippen LogP contribution >= 0.6 is 27.3 Å². The number of hydrogen-bond acceptors (Lipinski definition) is 3. The Kier molecular flexibility index (Phi) is 3.78. The lowest BCUT2D eigenvalue weighted by Crippen LogP contribution is -2.11. The molecule has 0 saturated heterocycles. The molecule has 0 saturated carbocycles. The molecule has 2 rings (SSSR count). The lowest BCUT2D eigenvalue weighted by molar-refractivity contribution is 0.629. The van der Waals surface area contributed by atoms with Gasteiger partial charge in [-0.15, -0.1) is 11.3 Å². The van der Waals surface area contributed by atoms with Gasteiger partial charge in [0.05, 0.1) is 3.79 Å². The van der Waals surface area contributed by atoms with Crippen LogP contribution in [0.4, 0.5) is 0 Å². The number of aryl methyl sites for hydroxylation is 2. The van der Waals surface area contributed by atoms with E-state index in [0.717, 1.165) is 22.5 Å². The number of nitrogens with zero attached hydrogens (tertiary/aromatic N) is 2. The van der Waals surface area contributed by atoms with Gasteiger partial charge in [0, 0.05) is 36.8 Å². The predicted octanol–water partition coefficient (Wildman–Crippen LogP) is 2.88. The van der Waals surface area contributed by atoms with Crippen LogP contribution in [-0.2, 0) is 13.5 Å². The summed E-state index contributed by atoms with van der Waals surface area (Å²) in [6.45, 7) is 0. The minimum absolute atomic E-state index is 0.105. The highest BCUT2D eigenvalue weighted by molar-refractivity contribution is 9.11. The first-order valence-corrected chi connectivity index (χ1v) is 6.75. The smallest absolute Gasteiger partial charge is 0.108 e. The van der Waals surface area contributed by atoms with Gasteiger partial charge in [0.25, 0.3) is 0 Å². The first kappa shape index (κ1) is 11.8. The van der Waals surface area contributed by atoms with E-state index in [9.17, 15) is 0 Å². The molecule has 5 heteroatoms. The maximum absolute atomic E-state index is 6.13. The van der Waals surface area contributed by atoms with Gasteiger partial charge >= 0.3 is 0 Å². The second-order valence-electron chi connectivity index (χ2n) is 3.74. The summed E-state index contributed by atoms with van der Waals surface area (Å²) >= 11 is 5.15. The topological polar surface area (TPSA) is 43.8 Å². The highest BCUT2D eigenvalue weighted by Gasteiger charge is 2.10. The molecule has 0 fully saturated rings. The van der Waals surface area contributed by atoms with Crippen molar-refractivity contribution in [1.29, 1.82) is 0 Å². The highest BCUT2D eigenvalue weighted by Crippen LogP contribution is 2.28. The van der Waals surface area contributed by atoms with E-state index in [1.54, 1.807) is 11.3 Å². The fourth-order valence-corrected chi connectivity index (χ4v) is 3.05. The zero-order valence-electron chi connectivity index (χ0n) is 9.06. The Hall–Kier alpha value is -0.650. The molecule has 0 aliphatic carbocycles. The van der Waals surface area contributed by atoms with Gasteiger partial charge in [-0.3, -0.25) is 0 Å². The van der Waals surface area contributed by atoms with E-state index in [1.165, 1.54) is 4.88 Å². The third-order valence-electron chi connectivity index (χ3n) is 2.56. The zero-order valence-corrected chi connectivity index (χ0v) is 11.5. The van der Waals surface area contributed by atoms with Crippen LogP contribution in [0.15, 0.2) is 28.3 Å². The van der Waals surface area contributed by atoms with Crippen molar-refractivity contribution in [2.45, 2.75) is 18.9 Å². The second-order valence-corrected chi connectivity index (χ2v) is 6.24. The van der Waals surface area contributed by atoms with E-state index in [2.05, 4.69) is 27.0 Å². The molecule has 0 aromatic carbocycles. The molecule has 2 aromatic heterocycles. The normalized spacial score (nSPS) is 12.9. The van der Waals surface area contributed by atoms with Crippen LogP contribution in [0.3, 0.4) is 0 Å². The summed E-state index contributed by atoms with van der Waals surface area (Å²) < 4.78 is 3.17. The number of halogens is 1. The zero-order chi connectivity index (χ0) is 11.5. The maximum Gasteiger partial charge on any atom is 0.108 e. The average Bonchev–Trinajstić information content (AvgIpc) is 2.84.